The third-order valence-electron chi connectivity index (χ3n) is 5.08. The van der Waals surface area contributed by atoms with Gasteiger partial charge < -0.3 is 16.4 Å². The van der Waals surface area contributed by atoms with Gasteiger partial charge in [0, 0.05) is 32.7 Å². The fourth-order valence-corrected chi connectivity index (χ4v) is 3.81. The van der Waals surface area contributed by atoms with Crippen LogP contribution in [0.15, 0.2) is 95.6 Å². The molecule has 0 fully saturated rings. The smallest absolute Gasteiger partial charge is 0.255 e. The number of carbonyl (C=O) groups is 1. The number of nitrogens with one attached hydrogen (secondary N) is 2. The molecule has 0 unspecified atom stereocenters. The van der Waals surface area contributed by atoms with E-state index in [0.29, 0.717) is 22.9 Å². The van der Waals surface area contributed by atoms with Crippen LogP contribution in [-0.4, -0.2) is 20.5 Å². The van der Waals surface area contributed by atoms with Crippen LogP contribution < -0.4 is 16.4 Å². The zero-order valence-corrected chi connectivity index (χ0v) is 19.0. The highest BCUT2D eigenvalue weighted by Crippen LogP contribution is 2.26. The molecule has 7 nitrogen and oxygen atoms in total. The van der Waals surface area contributed by atoms with Crippen LogP contribution in [0.25, 0.3) is 16.8 Å². The molecule has 0 aliphatic carbocycles. The molecule has 2 heterocycles. The zero-order valence-electron chi connectivity index (χ0n) is 17.4. The Kier molecular flexibility index (Phi) is 5.50. The van der Waals surface area contributed by atoms with E-state index in [2.05, 4.69) is 31.7 Å². The number of aromatic nitrogens is 3. The summed E-state index contributed by atoms with van der Waals surface area (Å²) in [5.41, 5.74) is 11.1. The number of fused-ring (bicyclic) bond motifs is 1. The number of nitrogen functional groups attached to an aromatic ring is 1. The van der Waals surface area contributed by atoms with Gasteiger partial charge in [0.1, 0.15) is 0 Å². The van der Waals surface area contributed by atoms with E-state index in [1.165, 1.54) is 0 Å². The Bertz CT molecular complexity index is 1440. The summed E-state index contributed by atoms with van der Waals surface area (Å²) < 4.78 is 2.74. The summed E-state index contributed by atoms with van der Waals surface area (Å²) in [5.74, 6) is 0.392. The van der Waals surface area contributed by atoms with Gasteiger partial charge in [-0.25, -0.2) is 9.50 Å². The number of amides is 1. The first-order valence-corrected chi connectivity index (χ1v) is 11.0. The summed E-state index contributed by atoms with van der Waals surface area (Å²) in [7, 11) is 0. The standard InChI is InChI=1S/C25H19BrN6O/c26-18-3-1-2-17(14-18)23-15-22-12-13-28-32(22)25(31-23)30-21-10-8-20(9-11-21)29-24(33)16-4-6-19(27)7-5-16/h1-15H,27H2,(H,29,33)(H,30,31). The topological polar surface area (TPSA) is 97.3 Å². The van der Waals surface area contributed by atoms with Crippen molar-refractivity contribution in [2.75, 3.05) is 16.4 Å². The van der Waals surface area contributed by atoms with Crippen molar-refractivity contribution in [2.45, 2.75) is 0 Å². The largest absolute Gasteiger partial charge is 0.399 e. The van der Waals surface area contributed by atoms with E-state index in [-0.39, 0.29) is 5.91 Å². The number of rotatable bonds is 5. The third kappa shape index (κ3) is 4.56. The lowest BCUT2D eigenvalue weighted by Gasteiger charge is -2.11. The molecule has 0 radical (unpaired) electrons. The van der Waals surface area contributed by atoms with Gasteiger partial charge in [-0.1, -0.05) is 28.1 Å². The second kappa shape index (κ2) is 8.76. The minimum absolute atomic E-state index is 0.197. The maximum absolute atomic E-state index is 12.4. The molecule has 0 bridgehead atoms. The molecule has 5 aromatic rings. The minimum atomic E-state index is -0.197. The van der Waals surface area contributed by atoms with Gasteiger partial charge in [0.25, 0.3) is 5.91 Å². The van der Waals surface area contributed by atoms with Gasteiger partial charge in [-0.3, -0.25) is 4.79 Å². The molecule has 8 heteroatoms. The molecule has 0 saturated heterocycles. The maximum Gasteiger partial charge on any atom is 0.255 e. The number of halogens is 1. The second-order valence-electron chi connectivity index (χ2n) is 7.42. The molecule has 3 aromatic carbocycles. The summed E-state index contributed by atoms with van der Waals surface area (Å²) in [6.07, 6.45) is 1.74. The van der Waals surface area contributed by atoms with Gasteiger partial charge in [-0.2, -0.15) is 5.10 Å². The van der Waals surface area contributed by atoms with Crippen LogP contribution in [0.3, 0.4) is 0 Å². The summed E-state index contributed by atoms with van der Waals surface area (Å²) in [5, 5.41) is 10.6. The van der Waals surface area contributed by atoms with Crippen LogP contribution in [-0.2, 0) is 0 Å². The fourth-order valence-electron chi connectivity index (χ4n) is 3.41. The van der Waals surface area contributed by atoms with Crippen LogP contribution >= 0.6 is 15.9 Å². The van der Waals surface area contributed by atoms with Gasteiger partial charge in [0.2, 0.25) is 5.95 Å². The van der Waals surface area contributed by atoms with Crippen molar-refractivity contribution >= 4 is 50.4 Å². The summed E-state index contributed by atoms with van der Waals surface area (Å²) >= 11 is 3.52. The first-order chi connectivity index (χ1) is 16.0. The lowest BCUT2D eigenvalue weighted by atomic mass is 10.1. The van der Waals surface area contributed by atoms with Gasteiger partial charge in [0.15, 0.2) is 0 Å². The molecule has 0 aliphatic heterocycles. The van der Waals surface area contributed by atoms with Crippen molar-refractivity contribution in [3.63, 3.8) is 0 Å². The van der Waals surface area contributed by atoms with Crippen molar-refractivity contribution < 1.29 is 4.79 Å². The first-order valence-electron chi connectivity index (χ1n) is 10.2. The van der Waals surface area contributed by atoms with E-state index < -0.39 is 0 Å². The molecular weight excluding hydrogens is 480 g/mol. The van der Waals surface area contributed by atoms with Crippen molar-refractivity contribution in [2.24, 2.45) is 0 Å². The van der Waals surface area contributed by atoms with Crippen LogP contribution in [0, 0.1) is 0 Å². The SMILES string of the molecule is Nc1ccc(C(=O)Nc2ccc(Nc3nc(-c4cccc(Br)c4)cc4ccnn34)cc2)cc1. The molecule has 4 N–H and O–H groups in total. The lowest BCUT2D eigenvalue weighted by Crippen LogP contribution is -2.11. The Labute approximate surface area is 198 Å². The number of nitrogens with two attached hydrogens (primary N) is 1. The zero-order chi connectivity index (χ0) is 22.8. The van der Waals surface area contributed by atoms with Crippen LogP contribution in [0.5, 0.6) is 0 Å². The second-order valence-corrected chi connectivity index (χ2v) is 8.34. The van der Waals surface area contributed by atoms with Crippen molar-refractivity contribution in [1.82, 2.24) is 14.6 Å². The Morgan fingerprint density at radius 1 is 0.909 bits per heavy atom. The highest BCUT2D eigenvalue weighted by Gasteiger charge is 2.10. The number of anilines is 4. The summed E-state index contributed by atoms with van der Waals surface area (Å²) in [4.78, 5) is 17.2. The third-order valence-corrected chi connectivity index (χ3v) is 5.57. The van der Waals surface area contributed by atoms with E-state index in [1.54, 1.807) is 35.0 Å². The molecule has 33 heavy (non-hydrogen) atoms. The monoisotopic (exact) mass is 498 g/mol. The predicted molar refractivity (Wildman–Crippen MR) is 135 cm³/mol. The molecule has 0 atom stereocenters. The van der Waals surface area contributed by atoms with Crippen molar-refractivity contribution in [3.8, 4) is 11.3 Å². The maximum atomic E-state index is 12.4. The number of hydrogen-bond donors (Lipinski definition) is 3. The Hall–Kier alpha value is -4.17. The summed E-state index contributed by atoms with van der Waals surface area (Å²) in [6.45, 7) is 0. The van der Waals surface area contributed by atoms with Crippen LogP contribution in [0.2, 0.25) is 0 Å². The van der Waals surface area contributed by atoms with E-state index in [4.69, 9.17) is 10.7 Å². The van der Waals surface area contributed by atoms with Crippen LogP contribution in [0.4, 0.5) is 23.0 Å². The lowest BCUT2D eigenvalue weighted by molar-refractivity contribution is 0.102. The molecule has 0 aliphatic rings. The van der Waals surface area contributed by atoms with E-state index >= 15 is 0 Å². The van der Waals surface area contributed by atoms with Gasteiger partial charge in [-0.05, 0) is 72.8 Å². The Balaban J connectivity index is 1.38. The Morgan fingerprint density at radius 2 is 1.67 bits per heavy atom. The van der Waals surface area contributed by atoms with Gasteiger partial charge >= 0.3 is 0 Å². The average molecular weight is 499 g/mol. The molecule has 162 valence electrons. The van der Waals surface area contributed by atoms with Crippen molar-refractivity contribution in [1.29, 1.82) is 0 Å². The number of hydrogen-bond acceptors (Lipinski definition) is 5. The molecule has 5 rings (SSSR count). The summed E-state index contributed by atoms with van der Waals surface area (Å²) in [6, 6.07) is 26.1. The normalized spacial score (nSPS) is 10.8. The predicted octanol–water partition coefficient (Wildman–Crippen LogP) is 5.74. The molecule has 0 spiro atoms. The van der Waals surface area contributed by atoms with Crippen molar-refractivity contribution in [3.05, 3.63) is 101 Å². The molecule has 2 aromatic heterocycles. The number of carbonyl (C=O) groups excluding carboxylic acids is 1. The molecular formula is C25H19BrN6O. The molecule has 0 saturated carbocycles. The first kappa shape index (κ1) is 20.7. The quantitative estimate of drug-likeness (QED) is 0.268. The molecule has 1 amide bonds. The Morgan fingerprint density at radius 3 is 2.42 bits per heavy atom. The van der Waals surface area contributed by atoms with Gasteiger partial charge in [-0.15, -0.1) is 0 Å². The minimum Gasteiger partial charge on any atom is -0.399 e. The highest BCUT2D eigenvalue weighted by atomic mass is 79.9. The fraction of sp³-hybridized carbons (Fsp3) is 0. The highest BCUT2D eigenvalue weighted by molar-refractivity contribution is 9.10. The van der Waals surface area contributed by atoms with Gasteiger partial charge in [0.05, 0.1) is 17.4 Å². The average Bonchev–Trinajstić information content (AvgIpc) is 3.30. The number of benzene rings is 3. The van der Waals surface area contributed by atoms with Crippen LogP contribution in [0.1, 0.15) is 10.4 Å². The van der Waals surface area contributed by atoms with E-state index in [0.717, 1.165) is 26.9 Å². The van der Waals surface area contributed by atoms with E-state index in [9.17, 15) is 4.79 Å². The van der Waals surface area contributed by atoms with E-state index in [1.807, 2.05) is 60.7 Å². The number of nitrogens with zero attached hydrogens (tertiary/aromatic N) is 3.